The zero-order valence-electron chi connectivity index (χ0n) is 15.8. The van der Waals surface area contributed by atoms with Gasteiger partial charge >= 0.3 is 0 Å². The summed E-state index contributed by atoms with van der Waals surface area (Å²) in [4.78, 5) is 31.0. The van der Waals surface area contributed by atoms with Crippen LogP contribution in [0, 0.1) is 12.7 Å². The fourth-order valence-electron chi connectivity index (χ4n) is 3.48. The molecule has 2 aromatic carbocycles. The third-order valence-corrected chi connectivity index (χ3v) is 5.02. The topological polar surface area (TPSA) is 104 Å². The second-order valence-electron chi connectivity index (χ2n) is 7.06. The maximum atomic E-state index is 13.2. The van der Waals surface area contributed by atoms with E-state index in [0.717, 1.165) is 16.0 Å². The van der Waals surface area contributed by atoms with Crippen LogP contribution >= 0.6 is 0 Å². The number of aryl methyl sites for hydroxylation is 1. The Balaban J connectivity index is 1.36. The van der Waals surface area contributed by atoms with Gasteiger partial charge in [-0.15, -0.1) is 0 Å². The van der Waals surface area contributed by atoms with Crippen molar-refractivity contribution in [3.63, 3.8) is 0 Å². The largest absolute Gasteiger partial charge is 0.337 e. The lowest BCUT2D eigenvalue weighted by atomic mass is 10.1. The average Bonchev–Trinajstić information content (AvgIpc) is 3.43. The minimum atomic E-state index is -0.956. The van der Waals surface area contributed by atoms with Crippen molar-refractivity contribution in [2.75, 3.05) is 4.90 Å². The lowest BCUT2D eigenvalue weighted by Gasteiger charge is -2.19. The number of hydrogen-bond donors (Lipinski definition) is 0. The summed E-state index contributed by atoms with van der Waals surface area (Å²) in [5, 5.41) is 13.2. The van der Waals surface area contributed by atoms with Crippen molar-refractivity contribution in [3.8, 4) is 11.4 Å². The third kappa shape index (κ3) is 2.93. The molecule has 0 N–H and O–H groups in total. The Kier molecular flexibility index (Phi) is 4.12. The Hall–Kier alpha value is -3.95. The average molecular weight is 406 g/mol. The van der Waals surface area contributed by atoms with E-state index in [2.05, 4.69) is 20.5 Å². The highest BCUT2D eigenvalue weighted by Crippen LogP contribution is 2.32. The van der Waals surface area contributed by atoms with Crippen LogP contribution in [0.2, 0.25) is 0 Å². The normalized spacial score (nSPS) is 20.3. The number of imide groups is 1. The van der Waals surface area contributed by atoms with Crippen LogP contribution in [0.5, 0.6) is 0 Å². The van der Waals surface area contributed by atoms with Gasteiger partial charge in [-0.05, 0) is 31.2 Å². The monoisotopic (exact) mass is 406 g/mol. The van der Waals surface area contributed by atoms with Crippen molar-refractivity contribution in [2.45, 2.75) is 25.6 Å². The van der Waals surface area contributed by atoms with Gasteiger partial charge in [0, 0.05) is 5.56 Å². The van der Waals surface area contributed by atoms with E-state index in [1.54, 1.807) is 0 Å². The molecular weight excluding hydrogens is 391 g/mol. The molecule has 9 nitrogen and oxygen atoms in total. The van der Waals surface area contributed by atoms with E-state index in [1.165, 1.54) is 29.3 Å². The first kappa shape index (κ1) is 18.1. The molecule has 0 spiro atoms. The number of halogens is 1. The summed E-state index contributed by atoms with van der Waals surface area (Å²) in [6, 6.07) is 10.9. The molecule has 0 radical (unpaired) electrons. The minimum absolute atomic E-state index is 0.0276. The van der Waals surface area contributed by atoms with Gasteiger partial charge in [0.05, 0.1) is 5.69 Å². The van der Waals surface area contributed by atoms with Crippen LogP contribution in [0.3, 0.4) is 0 Å². The first-order valence-electron chi connectivity index (χ1n) is 9.22. The first-order valence-corrected chi connectivity index (χ1v) is 9.22. The number of hydrogen-bond acceptors (Lipinski definition) is 8. The molecule has 3 aromatic rings. The molecular formula is C20H15FN6O3. The van der Waals surface area contributed by atoms with Crippen LogP contribution in [0.25, 0.3) is 11.4 Å². The number of amides is 2. The molecule has 150 valence electrons. The van der Waals surface area contributed by atoms with Gasteiger partial charge in [0.1, 0.15) is 12.4 Å². The predicted molar refractivity (Wildman–Crippen MR) is 101 cm³/mol. The number of carbonyl (C=O) groups is 2. The standard InChI is InChI=1S/C20H15FN6O3/c1-11-2-4-12(5-3-11)18-22-15(30-24-18)10-26-17-16(23-25-26)19(28)27(20(17)29)14-8-6-13(21)7-9-14/h2-9,16-17H,10H2,1H3/t16-,17+/m0/s1. The predicted octanol–water partition coefficient (Wildman–Crippen LogP) is 2.68. The lowest BCUT2D eigenvalue weighted by Crippen LogP contribution is -2.39. The summed E-state index contributed by atoms with van der Waals surface area (Å²) < 4.78 is 18.5. The number of rotatable bonds is 4. The van der Waals surface area contributed by atoms with E-state index in [-0.39, 0.29) is 18.1 Å². The van der Waals surface area contributed by atoms with Crippen molar-refractivity contribution in [1.82, 2.24) is 15.1 Å². The number of fused-ring (bicyclic) bond motifs is 1. The van der Waals surface area contributed by atoms with E-state index < -0.39 is 29.7 Å². The minimum Gasteiger partial charge on any atom is -0.337 e. The first-order chi connectivity index (χ1) is 14.5. The van der Waals surface area contributed by atoms with Gasteiger partial charge in [-0.3, -0.25) is 14.6 Å². The maximum Gasteiger partial charge on any atom is 0.263 e. The Morgan fingerprint density at radius 3 is 2.50 bits per heavy atom. The molecule has 2 atom stereocenters. The summed E-state index contributed by atoms with van der Waals surface area (Å²) in [7, 11) is 0. The molecule has 0 aliphatic carbocycles. The Morgan fingerprint density at radius 1 is 1.03 bits per heavy atom. The number of nitrogens with zero attached hydrogens (tertiary/aromatic N) is 6. The van der Waals surface area contributed by atoms with Crippen LogP contribution in [0.1, 0.15) is 11.5 Å². The summed E-state index contributed by atoms with van der Waals surface area (Å²) in [6.07, 6.45) is 0. The SMILES string of the molecule is Cc1ccc(-c2noc(CN3N=N[C@@H]4C(=O)N(c5ccc(F)cc5)C(=O)[C@@H]43)n2)cc1. The molecule has 0 unspecified atom stereocenters. The molecule has 2 aliphatic heterocycles. The Morgan fingerprint density at radius 2 is 1.77 bits per heavy atom. The van der Waals surface area contributed by atoms with Gasteiger partial charge in [0.15, 0.2) is 12.1 Å². The fraction of sp³-hybridized carbons (Fsp3) is 0.200. The van der Waals surface area contributed by atoms with E-state index in [4.69, 9.17) is 4.52 Å². The molecule has 2 aliphatic rings. The molecule has 5 rings (SSSR count). The van der Waals surface area contributed by atoms with E-state index in [9.17, 15) is 14.0 Å². The van der Waals surface area contributed by atoms with Crippen LogP contribution in [0.15, 0.2) is 63.4 Å². The lowest BCUT2D eigenvalue weighted by molar-refractivity contribution is -0.123. The van der Waals surface area contributed by atoms with E-state index in [1.807, 2.05) is 31.2 Å². The Labute approximate surface area is 169 Å². The fourth-order valence-corrected chi connectivity index (χ4v) is 3.48. The van der Waals surface area contributed by atoms with Gasteiger partial charge in [-0.1, -0.05) is 40.2 Å². The molecule has 0 saturated carbocycles. The molecule has 30 heavy (non-hydrogen) atoms. The highest BCUT2D eigenvalue weighted by atomic mass is 19.1. The number of aromatic nitrogens is 2. The van der Waals surface area contributed by atoms with Crippen LogP contribution in [-0.4, -0.2) is 39.0 Å². The molecule has 0 bridgehead atoms. The Bertz CT molecular complexity index is 1160. The van der Waals surface area contributed by atoms with Crippen molar-refractivity contribution < 1.29 is 18.5 Å². The maximum absolute atomic E-state index is 13.2. The molecule has 1 aromatic heterocycles. The quantitative estimate of drug-likeness (QED) is 0.617. The second kappa shape index (κ2) is 6.83. The van der Waals surface area contributed by atoms with Crippen molar-refractivity contribution in [2.24, 2.45) is 10.3 Å². The van der Waals surface area contributed by atoms with Gasteiger partial charge in [-0.25, -0.2) is 9.29 Å². The number of benzene rings is 2. The highest BCUT2D eigenvalue weighted by molar-refractivity contribution is 6.25. The third-order valence-electron chi connectivity index (χ3n) is 5.02. The van der Waals surface area contributed by atoms with Crippen molar-refractivity contribution >= 4 is 17.5 Å². The van der Waals surface area contributed by atoms with Crippen molar-refractivity contribution in [1.29, 1.82) is 0 Å². The van der Waals surface area contributed by atoms with Gasteiger partial charge in [-0.2, -0.15) is 10.1 Å². The van der Waals surface area contributed by atoms with Crippen molar-refractivity contribution in [3.05, 3.63) is 65.8 Å². The van der Waals surface area contributed by atoms with E-state index >= 15 is 0 Å². The molecule has 3 heterocycles. The van der Waals surface area contributed by atoms with Gasteiger partial charge in [0.25, 0.3) is 11.8 Å². The zero-order valence-corrected chi connectivity index (χ0v) is 15.8. The second-order valence-corrected chi connectivity index (χ2v) is 7.06. The van der Waals surface area contributed by atoms with Gasteiger partial charge in [0.2, 0.25) is 11.7 Å². The highest BCUT2D eigenvalue weighted by Gasteiger charge is 2.55. The van der Waals surface area contributed by atoms with Crippen LogP contribution in [0.4, 0.5) is 10.1 Å². The molecule has 2 amide bonds. The summed E-state index contributed by atoms with van der Waals surface area (Å²) in [5.74, 6) is -0.793. The summed E-state index contributed by atoms with van der Waals surface area (Å²) in [6.45, 7) is 2.01. The van der Waals surface area contributed by atoms with E-state index in [0.29, 0.717) is 5.82 Å². The summed E-state index contributed by atoms with van der Waals surface area (Å²) in [5.41, 5.74) is 2.20. The van der Waals surface area contributed by atoms with Crippen LogP contribution in [-0.2, 0) is 16.1 Å². The smallest absolute Gasteiger partial charge is 0.263 e. The number of carbonyl (C=O) groups excluding carboxylic acids is 2. The van der Waals surface area contributed by atoms with Gasteiger partial charge < -0.3 is 4.52 Å². The zero-order chi connectivity index (χ0) is 20.8. The summed E-state index contributed by atoms with van der Waals surface area (Å²) >= 11 is 0. The van der Waals surface area contributed by atoms with Crippen LogP contribution < -0.4 is 4.90 Å². The molecule has 1 fully saturated rings. The number of anilines is 1. The molecule has 1 saturated heterocycles. The molecule has 10 heteroatoms.